The van der Waals surface area contributed by atoms with Crippen molar-refractivity contribution < 1.29 is 4.74 Å². The Labute approximate surface area is 118 Å². The first-order valence-electron chi connectivity index (χ1n) is 6.42. The quantitative estimate of drug-likeness (QED) is 0.867. The van der Waals surface area contributed by atoms with Gasteiger partial charge < -0.3 is 10.1 Å². The molecule has 0 aromatic heterocycles. The van der Waals surface area contributed by atoms with E-state index in [2.05, 4.69) is 74.1 Å². The van der Waals surface area contributed by atoms with Gasteiger partial charge in [0, 0.05) is 10.2 Å². The Balaban J connectivity index is 2.19. The second-order valence-electron chi connectivity index (χ2n) is 6.35. The highest BCUT2D eigenvalue weighted by molar-refractivity contribution is 9.10. The second-order valence-corrected chi connectivity index (χ2v) is 7.20. The van der Waals surface area contributed by atoms with Gasteiger partial charge in [0.15, 0.2) is 0 Å². The summed E-state index contributed by atoms with van der Waals surface area (Å²) in [5, 5.41) is 3.61. The molecular formula is C15H22BrNO. The molecule has 1 saturated heterocycles. The van der Waals surface area contributed by atoms with Crippen molar-refractivity contribution in [3.8, 4) is 0 Å². The van der Waals surface area contributed by atoms with Crippen LogP contribution in [0.15, 0.2) is 22.7 Å². The number of aryl methyl sites for hydroxylation is 1. The van der Waals surface area contributed by atoms with Crippen molar-refractivity contribution in [2.75, 3.05) is 5.32 Å². The van der Waals surface area contributed by atoms with Crippen molar-refractivity contribution in [2.24, 2.45) is 0 Å². The minimum absolute atomic E-state index is 0.0572. The van der Waals surface area contributed by atoms with Gasteiger partial charge in [-0.1, -0.05) is 6.07 Å². The Kier molecular flexibility index (Phi) is 3.50. The lowest BCUT2D eigenvalue weighted by Crippen LogP contribution is -2.38. The van der Waals surface area contributed by atoms with Gasteiger partial charge in [-0.2, -0.15) is 0 Å². The monoisotopic (exact) mass is 311 g/mol. The molecule has 1 aromatic carbocycles. The van der Waals surface area contributed by atoms with Crippen molar-refractivity contribution in [1.82, 2.24) is 0 Å². The Morgan fingerprint density at radius 2 is 1.94 bits per heavy atom. The molecule has 1 heterocycles. The fourth-order valence-electron chi connectivity index (χ4n) is 2.71. The normalized spacial score (nSPS) is 25.1. The van der Waals surface area contributed by atoms with Crippen LogP contribution < -0.4 is 5.32 Å². The summed E-state index contributed by atoms with van der Waals surface area (Å²) in [5.74, 6) is 0. The summed E-state index contributed by atoms with van der Waals surface area (Å²) in [4.78, 5) is 0. The molecule has 2 nitrogen and oxygen atoms in total. The van der Waals surface area contributed by atoms with Crippen LogP contribution in [0, 0.1) is 6.92 Å². The molecule has 0 amide bonds. The molecule has 1 aromatic rings. The summed E-state index contributed by atoms with van der Waals surface area (Å²) < 4.78 is 7.22. The van der Waals surface area contributed by atoms with Crippen molar-refractivity contribution in [2.45, 2.75) is 58.3 Å². The first-order valence-corrected chi connectivity index (χ1v) is 7.22. The van der Waals surface area contributed by atoms with Gasteiger partial charge >= 0.3 is 0 Å². The van der Waals surface area contributed by atoms with Crippen LogP contribution in [0.3, 0.4) is 0 Å². The number of ether oxygens (including phenoxy) is 1. The van der Waals surface area contributed by atoms with Gasteiger partial charge in [0.2, 0.25) is 0 Å². The molecule has 2 rings (SSSR count). The zero-order valence-corrected chi connectivity index (χ0v) is 13.4. The molecule has 0 bridgehead atoms. The van der Waals surface area contributed by atoms with Gasteiger partial charge in [0.05, 0.1) is 17.2 Å². The van der Waals surface area contributed by atoms with Crippen LogP contribution >= 0.6 is 15.9 Å². The zero-order chi connectivity index (χ0) is 13.6. The minimum atomic E-state index is -0.145. The lowest BCUT2D eigenvalue weighted by Gasteiger charge is -2.28. The number of hydrogen-bond acceptors (Lipinski definition) is 2. The highest BCUT2D eigenvalue weighted by atomic mass is 79.9. The van der Waals surface area contributed by atoms with Crippen LogP contribution in [0.2, 0.25) is 0 Å². The predicted octanol–water partition coefficient (Wildman–Crippen LogP) is 4.52. The molecule has 0 aliphatic carbocycles. The van der Waals surface area contributed by atoms with Crippen LogP contribution in [-0.4, -0.2) is 17.2 Å². The third-order valence-corrected chi connectivity index (χ3v) is 4.18. The van der Waals surface area contributed by atoms with E-state index in [-0.39, 0.29) is 11.2 Å². The van der Waals surface area contributed by atoms with E-state index in [0.717, 1.165) is 16.6 Å². The lowest BCUT2D eigenvalue weighted by molar-refractivity contribution is -0.0662. The number of anilines is 1. The van der Waals surface area contributed by atoms with Crippen molar-refractivity contribution >= 4 is 21.6 Å². The second kappa shape index (κ2) is 4.53. The van der Waals surface area contributed by atoms with Gasteiger partial charge in [0.25, 0.3) is 0 Å². The Morgan fingerprint density at radius 3 is 2.44 bits per heavy atom. The van der Waals surface area contributed by atoms with Crippen LogP contribution in [0.5, 0.6) is 0 Å². The van der Waals surface area contributed by atoms with Gasteiger partial charge in [-0.05, 0) is 74.7 Å². The van der Waals surface area contributed by atoms with Crippen LogP contribution in [-0.2, 0) is 4.74 Å². The molecule has 0 radical (unpaired) electrons. The molecule has 1 fully saturated rings. The summed E-state index contributed by atoms with van der Waals surface area (Å²) in [5.41, 5.74) is 2.20. The zero-order valence-electron chi connectivity index (χ0n) is 11.8. The number of nitrogens with one attached hydrogen (secondary N) is 1. The Morgan fingerprint density at radius 1 is 1.28 bits per heavy atom. The van der Waals surface area contributed by atoms with Gasteiger partial charge in [-0.15, -0.1) is 0 Å². The largest absolute Gasteiger partial charge is 0.378 e. The molecule has 3 heteroatoms. The standard InChI is InChI=1S/C15H22BrNO/c1-10-6-7-12(11(16)8-10)17-13-9-14(2,3)18-15(13,4)5/h6-8,13,17H,9H2,1-5H3. The van der Waals surface area contributed by atoms with Crippen LogP contribution in [0.4, 0.5) is 5.69 Å². The summed E-state index contributed by atoms with van der Waals surface area (Å²) in [6, 6.07) is 6.71. The van der Waals surface area contributed by atoms with E-state index in [1.807, 2.05) is 0 Å². The Bertz CT molecular complexity index is 454. The third kappa shape index (κ3) is 2.89. The summed E-state index contributed by atoms with van der Waals surface area (Å²) >= 11 is 3.62. The number of halogens is 1. The molecule has 1 atom stereocenters. The summed E-state index contributed by atoms with van der Waals surface area (Å²) in [6.07, 6.45) is 1.01. The number of rotatable bonds is 2. The maximum absolute atomic E-state index is 6.11. The van der Waals surface area contributed by atoms with Crippen molar-refractivity contribution in [3.05, 3.63) is 28.2 Å². The van der Waals surface area contributed by atoms with E-state index in [4.69, 9.17) is 4.74 Å². The molecule has 1 unspecified atom stereocenters. The van der Waals surface area contributed by atoms with Crippen LogP contribution in [0.25, 0.3) is 0 Å². The van der Waals surface area contributed by atoms with Gasteiger partial charge in [-0.25, -0.2) is 0 Å². The summed E-state index contributed by atoms with van der Waals surface area (Å²) in [7, 11) is 0. The van der Waals surface area contributed by atoms with Crippen LogP contribution in [0.1, 0.15) is 39.7 Å². The molecule has 0 saturated carbocycles. The maximum Gasteiger partial charge on any atom is 0.0834 e. The molecule has 0 spiro atoms. The summed E-state index contributed by atoms with van der Waals surface area (Å²) in [6.45, 7) is 10.7. The van der Waals surface area contributed by atoms with E-state index in [1.165, 1.54) is 5.56 Å². The van der Waals surface area contributed by atoms with E-state index in [0.29, 0.717) is 6.04 Å². The van der Waals surface area contributed by atoms with E-state index < -0.39 is 0 Å². The molecule has 1 aliphatic heterocycles. The van der Waals surface area contributed by atoms with Crippen molar-refractivity contribution in [3.63, 3.8) is 0 Å². The molecular weight excluding hydrogens is 290 g/mol. The fourth-order valence-corrected chi connectivity index (χ4v) is 3.32. The maximum atomic E-state index is 6.11. The molecule has 1 aliphatic rings. The molecule has 1 N–H and O–H groups in total. The predicted molar refractivity (Wildman–Crippen MR) is 80.1 cm³/mol. The van der Waals surface area contributed by atoms with Crippen molar-refractivity contribution in [1.29, 1.82) is 0 Å². The first kappa shape index (κ1) is 13.9. The smallest absolute Gasteiger partial charge is 0.0834 e. The number of benzene rings is 1. The van der Waals surface area contributed by atoms with E-state index >= 15 is 0 Å². The minimum Gasteiger partial charge on any atom is -0.378 e. The van der Waals surface area contributed by atoms with E-state index in [1.54, 1.807) is 0 Å². The topological polar surface area (TPSA) is 21.3 Å². The molecule has 100 valence electrons. The lowest BCUT2D eigenvalue weighted by atomic mass is 9.94. The number of hydrogen-bond donors (Lipinski definition) is 1. The fraction of sp³-hybridized carbons (Fsp3) is 0.600. The highest BCUT2D eigenvalue weighted by Crippen LogP contribution is 2.39. The average Bonchev–Trinajstić information content (AvgIpc) is 2.39. The first-order chi connectivity index (χ1) is 8.20. The van der Waals surface area contributed by atoms with Gasteiger partial charge in [-0.3, -0.25) is 0 Å². The SMILES string of the molecule is Cc1ccc(NC2CC(C)(C)OC2(C)C)c(Br)c1. The third-order valence-electron chi connectivity index (χ3n) is 3.53. The highest BCUT2D eigenvalue weighted by Gasteiger charge is 2.45. The molecule has 18 heavy (non-hydrogen) atoms. The van der Waals surface area contributed by atoms with E-state index in [9.17, 15) is 0 Å². The average molecular weight is 312 g/mol. The van der Waals surface area contributed by atoms with Gasteiger partial charge in [0.1, 0.15) is 0 Å². The Hall–Kier alpha value is -0.540.